The Bertz CT molecular complexity index is 540. The highest BCUT2D eigenvalue weighted by molar-refractivity contribution is 5.96. The maximum atomic E-state index is 12.8. The van der Waals surface area contributed by atoms with Crippen molar-refractivity contribution in [3.63, 3.8) is 0 Å². The van der Waals surface area contributed by atoms with Crippen molar-refractivity contribution in [1.29, 1.82) is 0 Å². The third-order valence-electron chi connectivity index (χ3n) is 4.85. The van der Waals surface area contributed by atoms with Gasteiger partial charge in [-0.25, -0.2) is 0 Å². The van der Waals surface area contributed by atoms with Crippen molar-refractivity contribution < 1.29 is 19.1 Å². The average Bonchev–Trinajstić information content (AvgIpc) is 3.11. The fraction of sp³-hybridized carbons (Fsp3) is 0.632. The van der Waals surface area contributed by atoms with Gasteiger partial charge in [0.25, 0.3) is 0 Å². The largest absolute Gasteiger partial charge is 0.494 e. The number of hydrogen-bond acceptors (Lipinski definition) is 4. The lowest BCUT2D eigenvalue weighted by Crippen LogP contribution is -2.61. The first-order chi connectivity index (χ1) is 12.0. The second kappa shape index (κ2) is 8.83. The molecule has 0 aromatic rings. The van der Waals surface area contributed by atoms with Gasteiger partial charge in [0.2, 0.25) is 11.8 Å². The van der Waals surface area contributed by atoms with Crippen molar-refractivity contribution in [2.24, 2.45) is 5.92 Å². The molecule has 0 aromatic carbocycles. The Kier molecular flexibility index (Phi) is 6.79. The summed E-state index contributed by atoms with van der Waals surface area (Å²) in [7, 11) is 0. The van der Waals surface area contributed by atoms with E-state index >= 15 is 0 Å². The van der Waals surface area contributed by atoms with Gasteiger partial charge in [0.1, 0.15) is 17.9 Å². The highest BCUT2D eigenvalue weighted by Gasteiger charge is 2.41. The van der Waals surface area contributed by atoms with Gasteiger partial charge in [0, 0.05) is 12.5 Å². The van der Waals surface area contributed by atoms with Gasteiger partial charge in [-0.15, -0.1) is 0 Å². The molecule has 0 bridgehead atoms. The molecule has 1 heterocycles. The summed E-state index contributed by atoms with van der Waals surface area (Å²) >= 11 is 0. The summed E-state index contributed by atoms with van der Waals surface area (Å²) in [5, 5.41) is 5.69. The van der Waals surface area contributed by atoms with Crippen molar-refractivity contribution >= 4 is 18.1 Å². The van der Waals surface area contributed by atoms with Crippen LogP contribution in [0.1, 0.15) is 52.4 Å². The molecule has 2 aliphatic rings. The van der Waals surface area contributed by atoms with Crippen LogP contribution in [-0.2, 0) is 19.1 Å². The van der Waals surface area contributed by atoms with Gasteiger partial charge in [-0.05, 0) is 30.9 Å². The number of amides is 2. The van der Waals surface area contributed by atoms with E-state index in [1.807, 2.05) is 19.9 Å². The van der Waals surface area contributed by atoms with Crippen molar-refractivity contribution in [2.75, 3.05) is 0 Å². The van der Waals surface area contributed by atoms with Crippen LogP contribution in [0.25, 0.3) is 0 Å². The zero-order valence-electron chi connectivity index (χ0n) is 15.0. The molecule has 6 heteroatoms. The molecule has 1 aliphatic carbocycles. The third-order valence-corrected chi connectivity index (χ3v) is 4.85. The quantitative estimate of drug-likeness (QED) is 0.544. The lowest BCUT2D eigenvalue weighted by molar-refractivity contribution is -0.135. The van der Waals surface area contributed by atoms with E-state index in [1.165, 1.54) is 6.08 Å². The van der Waals surface area contributed by atoms with Crippen molar-refractivity contribution in [2.45, 2.75) is 70.1 Å². The van der Waals surface area contributed by atoms with Gasteiger partial charge in [-0.2, -0.15) is 0 Å². The number of carbonyl (C=O) groups excluding carboxylic acids is 3. The van der Waals surface area contributed by atoms with Gasteiger partial charge in [-0.3, -0.25) is 9.59 Å². The van der Waals surface area contributed by atoms with Crippen molar-refractivity contribution in [1.82, 2.24) is 10.6 Å². The van der Waals surface area contributed by atoms with E-state index in [0.717, 1.165) is 32.0 Å². The van der Waals surface area contributed by atoms with Crippen molar-refractivity contribution in [3.8, 4) is 0 Å². The molecule has 6 nitrogen and oxygen atoms in total. The SMILES string of the molecule is CC(C)[C@@H](C=O)NC(=O)C1(NC(=O)/C=C/C2CC=CO2)CCCCC1. The molecular formula is C19H28N2O4. The lowest BCUT2D eigenvalue weighted by Gasteiger charge is -2.37. The van der Waals surface area contributed by atoms with E-state index in [9.17, 15) is 14.4 Å². The summed E-state index contributed by atoms with van der Waals surface area (Å²) in [5.41, 5.74) is -0.940. The Balaban J connectivity index is 2.04. The van der Waals surface area contributed by atoms with Crippen LogP contribution in [0.15, 0.2) is 24.5 Å². The van der Waals surface area contributed by atoms with Gasteiger partial charge in [-0.1, -0.05) is 33.1 Å². The van der Waals surface area contributed by atoms with Crippen molar-refractivity contribution in [3.05, 3.63) is 24.5 Å². The Morgan fingerprint density at radius 2 is 1.96 bits per heavy atom. The second-order valence-electron chi connectivity index (χ2n) is 7.15. The Morgan fingerprint density at radius 1 is 1.24 bits per heavy atom. The molecule has 1 aliphatic heterocycles. The summed E-state index contributed by atoms with van der Waals surface area (Å²) in [6.45, 7) is 3.76. The minimum absolute atomic E-state index is 0.00435. The van der Waals surface area contributed by atoms with Crippen LogP contribution in [0.5, 0.6) is 0 Å². The van der Waals surface area contributed by atoms with Crippen LogP contribution in [0.3, 0.4) is 0 Å². The molecule has 25 heavy (non-hydrogen) atoms. The van der Waals surface area contributed by atoms with E-state index in [0.29, 0.717) is 12.8 Å². The first-order valence-corrected chi connectivity index (χ1v) is 9.04. The molecule has 2 rings (SSSR count). The first kappa shape index (κ1) is 19.2. The Morgan fingerprint density at radius 3 is 2.52 bits per heavy atom. The van der Waals surface area contributed by atoms with E-state index < -0.39 is 11.6 Å². The minimum Gasteiger partial charge on any atom is -0.494 e. The molecule has 0 radical (unpaired) electrons. The molecule has 0 spiro atoms. The number of hydrogen-bond donors (Lipinski definition) is 2. The molecular weight excluding hydrogens is 320 g/mol. The molecule has 1 saturated carbocycles. The van der Waals surface area contributed by atoms with Crippen LogP contribution in [-0.4, -0.2) is 35.8 Å². The number of aldehydes is 1. The number of ether oxygens (including phenoxy) is 1. The molecule has 0 saturated heterocycles. The summed E-state index contributed by atoms with van der Waals surface area (Å²) < 4.78 is 5.29. The fourth-order valence-corrected chi connectivity index (χ4v) is 3.21. The zero-order chi connectivity index (χ0) is 18.3. The highest BCUT2D eigenvalue weighted by Crippen LogP contribution is 2.29. The fourth-order valence-electron chi connectivity index (χ4n) is 3.21. The van der Waals surface area contributed by atoms with Crippen LogP contribution < -0.4 is 10.6 Å². The van der Waals surface area contributed by atoms with Gasteiger partial charge in [0.05, 0.1) is 12.3 Å². The summed E-state index contributed by atoms with van der Waals surface area (Å²) in [5.74, 6) is -0.567. The normalized spacial score (nSPS) is 23.2. The average molecular weight is 348 g/mol. The zero-order valence-corrected chi connectivity index (χ0v) is 15.0. The molecule has 2 amide bonds. The lowest BCUT2D eigenvalue weighted by atomic mass is 9.80. The smallest absolute Gasteiger partial charge is 0.246 e. The predicted molar refractivity (Wildman–Crippen MR) is 94.6 cm³/mol. The van der Waals surface area contributed by atoms with Crippen LogP contribution in [0.4, 0.5) is 0 Å². The maximum absolute atomic E-state index is 12.8. The van der Waals surface area contributed by atoms with Crippen LogP contribution >= 0.6 is 0 Å². The summed E-state index contributed by atoms with van der Waals surface area (Å²) in [6.07, 6.45) is 12.0. The van der Waals surface area contributed by atoms with E-state index in [-0.39, 0.29) is 23.8 Å². The summed E-state index contributed by atoms with van der Waals surface area (Å²) in [6, 6.07) is -0.545. The standard InChI is InChI=1S/C19H28N2O4/c1-14(2)16(13-22)20-18(24)19(10-4-3-5-11-19)21-17(23)9-8-15-7-6-12-25-15/h6,8-9,12-16H,3-5,7,10-11H2,1-2H3,(H,20,24)(H,21,23)/b9-8+/t15?,16-/m1/s1. The predicted octanol–water partition coefficient (Wildman–Crippen LogP) is 2.00. The van der Waals surface area contributed by atoms with Crippen LogP contribution in [0.2, 0.25) is 0 Å². The molecule has 2 atom stereocenters. The molecule has 2 N–H and O–H groups in total. The molecule has 1 unspecified atom stereocenters. The van der Waals surface area contributed by atoms with Gasteiger partial charge in [0.15, 0.2) is 0 Å². The minimum atomic E-state index is -0.940. The van der Waals surface area contributed by atoms with E-state index in [4.69, 9.17) is 4.74 Å². The van der Waals surface area contributed by atoms with Crippen LogP contribution in [0, 0.1) is 5.92 Å². The highest BCUT2D eigenvalue weighted by atomic mass is 16.5. The number of rotatable bonds is 7. The second-order valence-corrected chi connectivity index (χ2v) is 7.15. The number of nitrogens with one attached hydrogen (secondary N) is 2. The first-order valence-electron chi connectivity index (χ1n) is 9.04. The molecule has 138 valence electrons. The number of carbonyl (C=O) groups is 3. The molecule has 1 fully saturated rings. The Hall–Kier alpha value is -2.11. The Labute approximate surface area is 149 Å². The molecule has 0 aromatic heterocycles. The monoisotopic (exact) mass is 348 g/mol. The third kappa shape index (κ3) is 5.18. The van der Waals surface area contributed by atoms with Gasteiger partial charge < -0.3 is 20.2 Å². The topological polar surface area (TPSA) is 84.5 Å². The van der Waals surface area contributed by atoms with E-state index in [2.05, 4.69) is 10.6 Å². The van der Waals surface area contributed by atoms with Gasteiger partial charge >= 0.3 is 0 Å². The van der Waals surface area contributed by atoms with E-state index in [1.54, 1.807) is 12.3 Å². The summed E-state index contributed by atoms with van der Waals surface area (Å²) in [4.78, 5) is 36.4. The maximum Gasteiger partial charge on any atom is 0.246 e.